The monoisotopic (exact) mass is 463 g/mol. The number of benzene rings is 1. The number of hydrogen-bond donors (Lipinski definition) is 2. The van der Waals surface area contributed by atoms with Crippen LogP contribution in [0.15, 0.2) is 18.2 Å². The van der Waals surface area contributed by atoms with Crippen molar-refractivity contribution >= 4 is 40.8 Å². The molecule has 6 rings (SSSR count). The molecule has 4 saturated carbocycles. The molecule has 4 aliphatic carbocycles. The summed E-state index contributed by atoms with van der Waals surface area (Å²) in [5.74, 6) is 2.84. The number of anilines is 1. The first kappa shape index (κ1) is 21.4. The number of likely N-dealkylation sites (tertiary alicyclic amines) is 1. The minimum absolute atomic E-state index is 0.0584. The van der Waals surface area contributed by atoms with Gasteiger partial charge in [-0.2, -0.15) is 0 Å². The van der Waals surface area contributed by atoms with Crippen molar-refractivity contribution in [2.45, 2.75) is 63.3 Å². The van der Waals surface area contributed by atoms with Crippen molar-refractivity contribution in [2.75, 3.05) is 18.4 Å². The zero-order valence-electron chi connectivity index (χ0n) is 17.8. The summed E-state index contributed by atoms with van der Waals surface area (Å²) in [5, 5.41) is 7.31. The van der Waals surface area contributed by atoms with Crippen molar-refractivity contribution in [3.05, 3.63) is 28.2 Å². The zero-order valence-corrected chi connectivity index (χ0v) is 19.4. The Hall–Kier alpha value is -1.46. The number of nitrogens with zero attached hydrogens (tertiary/aromatic N) is 1. The summed E-state index contributed by atoms with van der Waals surface area (Å²) in [5.41, 5.74) is 0.612. The molecule has 168 valence electrons. The van der Waals surface area contributed by atoms with E-state index in [0.29, 0.717) is 35.2 Å². The Morgan fingerprint density at radius 3 is 2.39 bits per heavy atom. The fourth-order valence-corrected chi connectivity index (χ4v) is 7.53. The number of rotatable bonds is 4. The molecule has 2 N–H and O–H groups in total. The second kappa shape index (κ2) is 8.47. The van der Waals surface area contributed by atoms with Gasteiger partial charge in [0.2, 0.25) is 5.91 Å². The second-order valence-electron chi connectivity index (χ2n) is 10.5. The standard InChI is InChI=1S/C24H31Cl2N3O2/c25-19-3-4-21(20(26)10-19)27-23(31)29-5-1-2-15(14-29)9-22(30)28-24-11-16-6-17(12-24)8-18(7-16)13-24/h3-4,10,15-18H,1-2,5-9,11-14H2,(H,27,31)(H,28,30). The highest BCUT2D eigenvalue weighted by atomic mass is 35.5. The van der Waals surface area contributed by atoms with Gasteiger partial charge in [0.1, 0.15) is 0 Å². The maximum atomic E-state index is 13.0. The van der Waals surface area contributed by atoms with Crippen LogP contribution < -0.4 is 10.6 Å². The first-order valence-electron chi connectivity index (χ1n) is 11.7. The Morgan fingerprint density at radius 2 is 1.74 bits per heavy atom. The summed E-state index contributed by atoms with van der Waals surface area (Å²) >= 11 is 12.1. The summed E-state index contributed by atoms with van der Waals surface area (Å²) in [4.78, 5) is 27.5. The lowest BCUT2D eigenvalue weighted by molar-refractivity contribution is -0.128. The Bertz CT molecular complexity index is 839. The van der Waals surface area contributed by atoms with E-state index in [4.69, 9.17) is 23.2 Å². The molecule has 1 aliphatic heterocycles. The smallest absolute Gasteiger partial charge is 0.321 e. The van der Waals surface area contributed by atoms with Crippen molar-refractivity contribution in [2.24, 2.45) is 23.7 Å². The van der Waals surface area contributed by atoms with E-state index < -0.39 is 0 Å². The molecular weight excluding hydrogens is 433 g/mol. The Kier molecular flexibility index (Phi) is 5.85. The number of nitrogens with one attached hydrogen (secondary N) is 2. The van der Waals surface area contributed by atoms with Gasteiger partial charge in [-0.3, -0.25) is 4.79 Å². The molecule has 0 radical (unpaired) electrons. The number of carbonyl (C=O) groups excluding carboxylic acids is 2. The lowest BCUT2D eigenvalue weighted by Gasteiger charge is -2.57. The van der Waals surface area contributed by atoms with E-state index in [-0.39, 0.29) is 23.4 Å². The van der Waals surface area contributed by atoms with E-state index in [9.17, 15) is 9.59 Å². The lowest BCUT2D eigenvalue weighted by Crippen LogP contribution is -2.60. The largest absolute Gasteiger partial charge is 0.351 e. The second-order valence-corrected chi connectivity index (χ2v) is 11.3. The van der Waals surface area contributed by atoms with Crippen LogP contribution in [0.25, 0.3) is 0 Å². The van der Waals surface area contributed by atoms with Gasteiger partial charge in [0.05, 0.1) is 10.7 Å². The first-order valence-corrected chi connectivity index (χ1v) is 12.4. The van der Waals surface area contributed by atoms with E-state index in [1.807, 2.05) is 0 Å². The van der Waals surface area contributed by atoms with E-state index in [1.165, 1.54) is 38.5 Å². The molecule has 7 heteroatoms. The zero-order chi connectivity index (χ0) is 21.6. The number of urea groups is 1. The van der Waals surface area contributed by atoms with Gasteiger partial charge in [-0.15, -0.1) is 0 Å². The van der Waals surface area contributed by atoms with Crippen molar-refractivity contribution in [3.8, 4) is 0 Å². The highest BCUT2D eigenvalue weighted by molar-refractivity contribution is 6.36. The molecule has 1 heterocycles. The van der Waals surface area contributed by atoms with Crippen molar-refractivity contribution in [1.29, 1.82) is 0 Å². The normalized spacial score (nSPS) is 33.9. The topological polar surface area (TPSA) is 61.4 Å². The number of piperidine rings is 1. The van der Waals surface area contributed by atoms with Crippen LogP contribution in [-0.2, 0) is 4.79 Å². The predicted molar refractivity (Wildman–Crippen MR) is 123 cm³/mol. The molecule has 1 aromatic carbocycles. The summed E-state index contributed by atoms with van der Waals surface area (Å²) in [7, 11) is 0. The van der Waals surface area contributed by atoms with Gasteiger partial charge in [-0.05, 0) is 93.2 Å². The Balaban J connectivity index is 1.15. The van der Waals surface area contributed by atoms with Crippen LogP contribution in [0, 0.1) is 23.7 Å². The minimum Gasteiger partial charge on any atom is -0.351 e. The molecule has 0 aromatic heterocycles. The molecule has 1 aromatic rings. The van der Waals surface area contributed by atoms with Crippen molar-refractivity contribution in [1.82, 2.24) is 10.2 Å². The average Bonchev–Trinajstić information content (AvgIpc) is 2.68. The molecule has 3 amide bonds. The van der Waals surface area contributed by atoms with Gasteiger partial charge in [0.25, 0.3) is 0 Å². The van der Waals surface area contributed by atoms with Crippen LogP contribution in [0.4, 0.5) is 10.5 Å². The lowest BCUT2D eigenvalue weighted by atomic mass is 9.53. The fraction of sp³-hybridized carbons (Fsp3) is 0.667. The molecule has 1 unspecified atom stereocenters. The highest BCUT2D eigenvalue weighted by Crippen LogP contribution is 2.55. The van der Waals surface area contributed by atoms with Crippen molar-refractivity contribution < 1.29 is 9.59 Å². The molecular formula is C24H31Cl2N3O2. The van der Waals surface area contributed by atoms with Gasteiger partial charge in [-0.1, -0.05) is 23.2 Å². The van der Waals surface area contributed by atoms with Crippen molar-refractivity contribution in [3.63, 3.8) is 0 Å². The SMILES string of the molecule is O=C(CC1CCCN(C(=O)Nc2ccc(Cl)cc2Cl)C1)NC12CC3CC(CC(C3)C1)C2. The quantitative estimate of drug-likeness (QED) is 0.600. The summed E-state index contributed by atoms with van der Waals surface area (Å²) < 4.78 is 0. The molecule has 5 aliphatic rings. The van der Waals surface area contributed by atoms with Crippen LogP contribution in [0.3, 0.4) is 0 Å². The third-order valence-corrected chi connectivity index (χ3v) is 8.44. The van der Waals surface area contributed by atoms with Crippen LogP contribution in [0.1, 0.15) is 57.8 Å². The third kappa shape index (κ3) is 4.68. The first-order chi connectivity index (χ1) is 14.9. The Morgan fingerprint density at radius 1 is 1.06 bits per heavy atom. The van der Waals surface area contributed by atoms with E-state index in [0.717, 1.165) is 30.6 Å². The minimum atomic E-state index is -0.171. The molecule has 5 fully saturated rings. The van der Waals surface area contributed by atoms with Crippen LogP contribution in [0.2, 0.25) is 10.0 Å². The molecule has 1 atom stereocenters. The van der Waals surface area contributed by atoms with Crippen LogP contribution in [-0.4, -0.2) is 35.5 Å². The molecule has 1 saturated heterocycles. The number of amides is 3. The molecule has 4 bridgehead atoms. The van der Waals surface area contributed by atoms with Gasteiger partial charge in [0.15, 0.2) is 0 Å². The van der Waals surface area contributed by atoms with Crippen LogP contribution >= 0.6 is 23.2 Å². The van der Waals surface area contributed by atoms with Gasteiger partial charge in [-0.25, -0.2) is 4.79 Å². The number of halogens is 2. The average molecular weight is 464 g/mol. The van der Waals surface area contributed by atoms with Gasteiger partial charge >= 0.3 is 6.03 Å². The summed E-state index contributed by atoms with van der Waals surface area (Å²) in [6.45, 7) is 1.30. The number of carbonyl (C=O) groups is 2. The fourth-order valence-electron chi connectivity index (χ4n) is 7.07. The van der Waals surface area contributed by atoms with E-state index in [1.54, 1.807) is 23.1 Å². The highest BCUT2D eigenvalue weighted by Gasteiger charge is 2.51. The van der Waals surface area contributed by atoms with E-state index in [2.05, 4.69) is 10.6 Å². The van der Waals surface area contributed by atoms with Gasteiger partial charge < -0.3 is 15.5 Å². The molecule has 31 heavy (non-hydrogen) atoms. The summed E-state index contributed by atoms with van der Waals surface area (Å²) in [6, 6.07) is 4.86. The maximum Gasteiger partial charge on any atom is 0.321 e. The van der Waals surface area contributed by atoms with Gasteiger partial charge in [0, 0.05) is 30.1 Å². The molecule has 5 nitrogen and oxygen atoms in total. The molecule has 0 spiro atoms. The van der Waals surface area contributed by atoms with Crippen LogP contribution in [0.5, 0.6) is 0 Å². The number of hydrogen-bond acceptors (Lipinski definition) is 2. The Labute approximate surface area is 194 Å². The summed E-state index contributed by atoms with van der Waals surface area (Å²) in [6.07, 6.45) is 10.0. The third-order valence-electron chi connectivity index (χ3n) is 7.90. The van der Waals surface area contributed by atoms with E-state index >= 15 is 0 Å². The predicted octanol–water partition coefficient (Wildman–Crippen LogP) is 5.71. The maximum absolute atomic E-state index is 13.0.